The Morgan fingerprint density at radius 2 is 1.65 bits per heavy atom. The molecule has 3 rings (SSSR count). The molecule has 2 heterocycles. The summed E-state index contributed by atoms with van der Waals surface area (Å²) in [5, 5.41) is 3.62. The Labute approximate surface area is 143 Å². The van der Waals surface area contributed by atoms with E-state index in [1.165, 1.54) is 25.9 Å². The highest BCUT2D eigenvalue weighted by Crippen LogP contribution is 2.18. The van der Waals surface area contributed by atoms with E-state index in [-0.39, 0.29) is 6.03 Å². The summed E-state index contributed by atoms with van der Waals surface area (Å²) in [5.41, 5.74) is 0.789. The largest absolute Gasteiger partial charge is 0.322 e. The Kier molecular flexibility index (Phi) is 5.41. The number of hydrogen-bond donors (Lipinski definition) is 1. The van der Waals surface area contributed by atoms with E-state index in [0.29, 0.717) is 11.1 Å². The smallest absolute Gasteiger partial charge is 0.321 e. The van der Waals surface area contributed by atoms with Crippen molar-refractivity contribution < 1.29 is 4.79 Å². The summed E-state index contributed by atoms with van der Waals surface area (Å²) in [6.07, 6.45) is 2.49. The molecule has 126 valence electrons. The molecule has 23 heavy (non-hydrogen) atoms. The number of halogens is 1. The van der Waals surface area contributed by atoms with Gasteiger partial charge in [-0.15, -0.1) is 0 Å². The zero-order valence-electron chi connectivity index (χ0n) is 13.7. The third-order valence-electron chi connectivity index (χ3n) is 4.90. The van der Waals surface area contributed by atoms with E-state index in [2.05, 4.69) is 22.2 Å². The summed E-state index contributed by atoms with van der Waals surface area (Å²) >= 11 is 5.86. The molecule has 1 aromatic rings. The molecular formula is C17H25ClN4O. The maximum atomic E-state index is 12.3. The summed E-state index contributed by atoms with van der Waals surface area (Å²) < 4.78 is 0. The molecule has 0 aromatic heterocycles. The van der Waals surface area contributed by atoms with Gasteiger partial charge in [-0.25, -0.2) is 4.79 Å². The maximum Gasteiger partial charge on any atom is 0.321 e. The molecule has 1 aromatic carbocycles. The lowest BCUT2D eigenvalue weighted by atomic mass is 10.0. The second kappa shape index (κ2) is 7.51. The van der Waals surface area contributed by atoms with Crippen LogP contribution in [0.15, 0.2) is 24.3 Å². The van der Waals surface area contributed by atoms with E-state index < -0.39 is 0 Å². The summed E-state index contributed by atoms with van der Waals surface area (Å²) in [7, 11) is 2.19. The summed E-state index contributed by atoms with van der Waals surface area (Å²) in [4.78, 5) is 19.2. The second-order valence-electron chi connectivity index (χ2n) is 6.49. The number of urea groups is 1. The van der Waals surface area contributed by atoms with Crippen LogP contribution in [-0.4, -0.2) is 73.1 Å². The van der Waals surface area contributed by atoms with Crippen LogP contribution in [-0.2, 0) is 0 Å². The van der Waals surface area contributed by atoms with Crippen molar-refractivity contribution in [2.24, 2.45) is 0 Å². The molecule has 2 aliphatic heterocycles. The van der Waals surface area contributed by atoms with Crippen molar-refractivity contribution >= 4 is 23.3 Å². The minimum absolute atomic E-state index is 0.0182. The van der Waals surface area contributed by atoms with E-state index in [1.807, 2.05) is 17.0 Å². The molecule has 1 N–H and O–H groups in total. The van der Waals surface area contributed by atoms with E-state index in [0.717, 1.165) is 31.9 Å². The van der Waals surface area contributed by atoms with Crippen LogP contribution in [0.5, 0.6) is 0 Å². The molecule has 0 radical (unpaired) electrons. The summed E-state index contributed by atoms with van der Waals surface area (Å²) in [6.45, 7) is 5.91. The number of amides is 2. The van der Waals surface area contributed by atoms with Crippen molar-refractivity contribution in [3.8, 4) is 0 Å². The van der Waals surface area contributed by atoms with Gasteiger partial charge in [-0.05, 0) is 57.2 Å². The number of piperazine rings is 1. The van der Waals surface area contributed by atoms with Crippen molar-refractivity contribution in [1.82, 2.24) is 14.7 Å². The van der Waals surface area contributed by atoms with E-state index >= 15 is 0 Å². The molecule has 5 nitrogen and oxygen atoms in total. The fourth-order valence-corrected chi connectivity index (χ4v) is 3.51. The van der Waals surface area contributed by atoms with Crippen molar-refractivity contribution in [3.05, 3.63) is 29.3 Å². The average molecular weight is 337 g/mol. The lowest BCUT2D eigenvalue weighted by Gasteiger charge is -2.42. The molecule has 0 aliphatic carbocycles. The number of likely N-dealkylation sites (tertiary alicyclic amines) is 1. The molecule has 2 saturated heterocycles. The topological polar surface area (TPSA) is 38.8 Å². The van der Waals surface area contributed by atoms with Gasteiger partial charge in [0.15, 0.2) is 0 Å². The van der Waals surface area contributed by atoms with Gasteiger partial charge < -0.3 is 15.1 Å². The second-order valence-corrected chi connectivity index (χ2v) is 6.93. The zero-order chi connectivity index (χ0) is 16.2. The number of piperidine rings is 1. The van der Waals surface area contributed by atoms with Gasteiger partial charge in [-0.1, -0.05) is 11.6 Å². The predicted octanol–water partition coefficient (Wildman–Crippen LogP) is 2.58. The summed E-state index contributed by atoms with van der Waals surface area (Å²) in [6, 6.07) is 7.90. The van der Waals surface area contributed by atoms with Gasteiger partial charge in [0.1, 0.15) is 0 Å². The molecule has 0 saturated carbocycles. The molecular weight excluding hydrogens is 312 g/mol. The van der Waals surface area contributed by atoms with E-state index in [4.69, 9.17) is 11.6 Å². The fraction of sp³-hybridized carbons (Fsp3) is 0.588. The lowest BCUT2D eigenvalue weighted by molar-refractivity contribution is 0.0775. The van der Waals surface area contributed by atoms with Crippen molar-refractivity contribution in [3.63, 3.8) is 0 Å². The minimum Gasteiger partial charge on any atom is -0.322 e. The monoisotopic (exact) mass is 336 g/mol. The predicted molar refractivity (Wildman–Crippen MR) is 94.1 cm³/mol. The number of carbonyl (C=O) groups excluding carboxylic acids is 1. The molecule has 0 spiro atoms. The normalized spacial score (nSPS) is 21.4. The molecule has 0 unspecified atom stereocenters. The Morgan fingerprint density at radius 3 is 2.26 bits per heavy atom. The standard InChI is InChI=1S/C17H25ClN4O/c1-20-8-6-16(7-9-20)21-10-12-22(13-11-21)17(23)19-15-4-2-14(18)3-5-15/h2-5,16H,6-13H2,1H3,(H,19,23). The Balaban J connectivity index is 1.46. The van der Waals surface area contributed by atoms with Crippen LogP contribution in [0, 0.1) is 0 Å². The number of carbonyl (C=O) groups is 1. The SMILES string of the molecule is CN1CCC(N2CCN(C(=O)Nc3ccc(Cl)cc3)CC2)CC1. The third-order valence-corrected chi connectivity index (χ3v) is 5.15. The van der Waals surface area contributed by atoms with Crippen molar-refractivity contribution in [2.45, 2.75) is 18.9 Å². The highest BCUT2D eigenvalue weighted by molar-refractivity contribution is 6.30. The van der Waals surface area contributed by atoms with Crippen molar-refractivity contribution in [1.29, 1.82) is 0 Å². The first-order valence-electron chi connectivity index (χ1n) is 8.36. The molecule has 2 aliphatic rings. The van der Waals surface area contributed by atoms with Crippen LogP contribution in [0.3, 0.4) is 0 Å². The lowest BCUT2D eigenvalue weighted by Crippen LogP contribution is -2.54. The van der Waals surface area contributed by atoms with Crippen LogP contribution in [0.1, 0.15) is 12.8 Å². The number of rotatable bonds is 2. The van der Waals surface area contributed by atoms with E-state index in [9.17, 15) is 4.79 Å². The van der Waals surface area contributed by atoms with Gasteiger partial charge >= 0.3 is 6.03 Å². The Hall–Kier alpha value is -1.30. The quantitative estimate of drug-likeness (QED) is 0.902. The average Bonchev–Trinajstić information content (AvgIpc) is 2.58. The molecule has 6 heteroatoms. The molecule has 0 atom stereocenters. The van der Waals surface area contributed by atoms with Gasteiger partial charge in [-0.2, -0.15) is 0 Å². The molecule has 2 fully saturated rings. The number of anilines is 1. The Bertz CT molecular complexity index is 520. The number of hydrogen-bond acceptors (Lipinski definition) is 3. The molecule has 2 amide bonds. The number of benzene rings is 1. The van der Waals surface area contributed by atoms with Crippen LogP contribution >= 0.6 is 11.6 Å². The van der Waals surface area contributed by atoms with Gasteiger partial charge in [0.2, 0.25) is 0 Å². The van der Waals surface area contributed by atoms with E-state index in [1.54, 1.807) is 12.1 Å². The zero-order valence-corrected chi connectivity index (χ0v) is 14.4. The van der Waals surface area contributed by atoms with Crippen LogP contribution in [0.25, 0.3) is 0 Å². The van der Waals surface area contributed by atoms with Gasteiger partial charge in [0, 0.05) is 42.9 Å². The number of nitrogens with zero attached hydrogens (tertiary/aromatic N) is 3. The van der Waals surface area contributed by atoms with Crippen molar-refractivity contribution in [2.75, 3.05) is 51.6 Å². The van der Waals surface area contributed by atoms with Gasteiger partial charge in [0.05, 0.1) is 0 Å². The fourth-order valence-electron chi connectivity index (χ4n) is 3.39. The molecule has 0 bridgehead atoms. The highest BCUT2D eigenvalue weighted by Gasteiger charge is 2.28. The Morgan fingerprint density at radius 1 is 1.04 bits per heavy atom. The van der Waals surface area contributed by atoms with Gasteiger partial charge in [0.25, 0.3) is 0 Å². The third kappa shape index (κ3) is 4.37. The first-order valence-corrected chi connectivity index (χ1v) is 8.74. The number of nitrogens with one attached hydrogen (secondary N) is 1. The first kappa shape index (κ1) is 16.6. The van der Waals surface area contributed by atoms with Crippen LogP contribution in [0.4, 0.5) is 10.5 Å². The van der Waals surface area contributed by atoms with Crippen LogP contribution in [0.2, 0.25) is 5.02 Å². The van der Waals surface area contributed by atoms with Crippen LogP contribution < -0.4 is 5.32 Å². The minimum atomic E-state index is -0.0182. The first-order chi connectivity index (χ1) is 11.1. The highest BCUT2D eigenvalue weighted by atomic mass is 35.5. The summed E-state index contributed by atoms with van der Waals surface area (Å²) in [5.74, 6) is 0. The van der Waals surface area contributed by atoms with Gasteiger partial charge in [-0.3, -0.25) is 4.90 Å². The maximum absolute atomic E-state index is 12.3.